The summed E-state index contributed by atoms with van der Waals surface area (Å²) in [6.07, 6.45) is -3.36. The van der Waals surface area contributed by atoms with Crippen LogP contribution in [0.2, 0.25) is 0 Å². The van der Waals surface area contributed by atoms with E-state index in [1.807, 2.05) is 13.0 Å². The van der Waals surface area contributed by atoms with Crippen LogP contribution in [-0.4, -0.2) is 43.8 Å². The fourth-order valence-electron chi connectivity index (χ4n) is 1.15. The molecule has 0 amide bonds. The smallest absolute Gasteiger partial charge is 0.301 e. The number of hydrogen-bond donors (Lipinski definition) is 1. The monoisotopic (exact) mass is 223 g/mol. The molecule has 0 saturated carbocycles. The predicted molar refractivity (Wildman–Crippen MR) is 51.2 cm³/mol. The lowest BCUT2D eigenvalue weighted by molar-refractivity contribution is -0.143. The molecule has 6 heteroatoms. The predicted octanol–water partition coefficient (Wildman–Crippen LogP) is 1.37. The minimum atomic E-state index is -4.21. The number of nitrogens with zero attached hydrogens (tertiary/aromatic N) is 2. The molecule has 0 saturated heterocycles. The summed E-state index contributed by atoms with van der Waals surface area (Å²) in [5.74, 6) is 0. The molecular formula is C9H16F3N3. The lowest BCUT2D eigenvalue weighted by Gasteiger charge is -2.21. The van der Waals surface area contributed by atoms with Crippen LogP contribution >= 0.6 is 0 Å². The molecule has 0 spiro atoms. The maximum Gasteiger partial charge on any atom is 0.401 e. The fraction of sp³-hybridized carbons (Fsp3) is 0.889. The minimum absolute atomic E-state index is 0.0794. The lowest BCUT2D eigenvalue weighted by atomic mass is 10.3. The van der Waals surface area contributed by atoms with Crippen LogP contribution in [0.15, 0.2) is 0 Å². The second-order valence-corrected chi connectivity index (χ2v) is 3.45. The molecule has 0 fully saturated rings. The third-order valence-electron chi connectivity index (χ3n) is 1.74. The zero-order valence-electron chi connectivity index (χ0n) is 8.93. The Morgan fingerprint density at radius 3 is 2.47 bits per heavy atom. The molecule has 0 heterocycles. The van der Waals surface area contributed by atoms with E-state index in [-0.39, 0.29) is 6.54 Å². The van der Waals surface area contributed by atoms with Crippen molar-refractivity contribution in [3.8, 4) is 6.07 Å². The topological polar surface area (TPSA) is 39.1 Å². The molecule has 0 aliphatic rings. The minimum Gasteiger partial charge on any atom is -0.301 e. The van der Waals surface area contributed by atoms with Crippen LogP contribution in [0.1, 0.15) is 13.3 Å². The first-order chi connectivity index (χ1) is 6.89. The van der Waals surface area contributed by atoms with E-state index in [9.17, 15) is 13.2 Å². The summed E-state index contributed by atoms with van der Waals surface area (Å²) >= 11 is 0. The van der Waals surface area contributed by atoms with Gasteiger partial charge in [-0.15, -0.1) is 0 Å². The first kappa shape index (κ1) is 14.2. The van der Waals surface area contributed by atoms with Gasteiger partial charge in [0.05, 0.1) is 12.6 Å². The standard InChI is InChI=1S/C9H16F3N3/c1-3-4-14-8(5-13)6-15(2)7-9(10,11)12/h8,14H,3-4,6-7H2,1-2H3. The third kappa shape index (κ3) is 8.21. The Morgan fingerprint density at radius 1 is 1.47 bits per heavy atom. The van der Waals surface area contributed by atoms with Gasteiger partial charge in [0.25, 0.3) is 0 Å². The largest absolute Gasteiger partial charge is 0.401 e. The van der Waals surface area contributed by atoms with Crippen molar-refractivity contribution in [3.63, 3.8) is 0 Å². The van der Waals surface area contributed by atoms with Crippen molar-refractivity contribution < 1.29 is 13.2 Å². The molecule has 1 atom stereocenters. The molecule has 0 aromatic carbocycles. The molecule has 0 aliphatic carbocycles. The van der Waals surface area contributed by atoms with Crippen LogP contribution in [0.5, 0.6) is 0 Å². The third-order valence-corrected chi connectivity index (χ3v) is 1.74. The van der Waals surface area contributed by atoms with E-state index in [2.05, 4.69) is 5.32 Å². The van der Waals surface area contributed by atoms with Crippen molar-refractivity contribution >= 4 is 0 Å². The summed E-state index contributed by atoms with van der Waals surface area (Å²) in [5.41, 5.74) is 0. The first-order valence-electron chi connectivity index (χ1n) is 4.77. The van der Waals surface area contributed by atoms with Gasteiger partial charge in [-0.1, -0.05) is 6.92 Å². The van der Waals surface area contributed by atoms with Crippen LogP contribution in [0.25, 0.3) is 0 Å². The molecule has 1 N–H and O–H groups in total. The Hall–Kier alpha value is -0.800. The van der Waals surface area contributed by atoms with Gasteiger partial charge in [0.1, 0.15) is 6.04 Å². The SMILES string of the molecule is CCCNC(C#N)CN(C)CC(F)(F)F. The molecule has 0 aromatic rings. The normalized spacial score (nSPS) is 13.9. The maximum atomic E-state index is 12.0. The summed E-state index contributed by atoms with van der Waals surface area (Å²) in [6.45, 7) is 1.66. The van der Waals surface area contributed by atoms with E-state index in [4.69, 9.17) is 5.26 Å². The molecular weight excluding hydrogens is 207 g/mol. The first-order valence-corrected chi connectivity index (χ1v) is 4.77. The number of rotatable bonds is 6. The van der Waals surface area contributed by atoms with Gasteiger partial charge < -0.3 is 5.32 Å². The summed E-state index contributed by atoms with van der Waals surface area (Å²) < 4.78 is 35.9. The van der Waals surface area contributed by atoms with Gasteiger partial charge in [0.15, 0.2) is 0 Å². The van der Waals surface area contributed by atoms with E-state index in [0.717, 1.165) is 11.3 Å². The Bertz CT molecular complexity index is 210. The van der Waals surface area contributed by atoms with Crippen molar-refractivity contribution in [2.24, 2.45) is 0 Å². The second-order valence-electron chi connectivity index (χ2n) is 3.45. The summed E-state index contributed by atoms with van der Waals surface area (Å²) in [6, 6.07) is 1.39. The van der Waals surface area contributed by atoms with Crippen molar-refractivity contribution in [1.29, 1.82) is 5.26 Å². The highest BCUT2D eigenvalue weighted by Gasteiger charge is 2.29. The zero-order chi connectivity index (χ0) is 11.9. The van der Waals surface area contributed by atoms with Crippen molar-refractivity contribution in [2.75, 3.05) is 26.7 Å². The number of likely N-dealkylation sites (N-methyl/N-ethyl adjacent to an activating group) is 1. The molecule has 0 aliphatic heterocycles. The molecule has 88 valence electrons. The second kappa shape index (κ2) is 6.64. The van der Waals surface area contributed by atoms with E-state index in [0.29, 0.717) is 6.54 Å². The number of nitriles is 1. The molecule has 0 radical (unpaired) electrons. The molecule has 1 unspecified atom stereocenters. The number of halogens is 3. The van der Waals surface area contributed by atoms with Crippen LogP contribution in [-0.2, 0) is 0 Å². The quantitative estimate of drug-likeness (QED) is 0.739. The van der Waals surface area contributed by atoms with Crippen LogP contribution in [0, 0.1) is 11.3 Å². The van der Waals surface area contributed by atoms with Crippen molar-refractivity contribution in [3.05, 3.63) is 0 Å². The van der Waals surface area contributed by atoms with Gasteiger partial charge in [0.2, 0.25) is 0 Å². The Balaban J connectivity index is 3.92. The molecule has 0 rings (SSSR count). The van der Waals surface area contributed by atoms with Gasteiger partial charge in [-0.2, -0.15) is 18.4 Å². The van der Waals surface area contributed by atoms with Gasteiger partial charge >= 0.3 is 6.18 Å². The molecule has 0 aromatic heterocycles. The Morgan fingerprint density at radius 2 is 2.07 bits per heavy atom. The average molecular weight is 223 g/mol. The zero-order valence-corrected chi connectivity index (χ0v) is 8.93. The van der Waals surface area contributed by atoms with Crippen LogP contribution in [0.4, 0.5) is 13.2 Å². The van der Waals surface area contributed by atoms with E-state index >= 15 is 0 Å². The van der Waals surface area contributed by atoms with E-state index < -0.39 is 18.8 Å². The van der Waals surface area contributed by atoms with Gasteiger partial charge in [-0.05, 0) is 20.0 Å². The highest BCUT2D eigenvalue weighted by atomic mass is 19.4. The van der Waals surface area contributed by atoms with E-state index in [1.165, 1.54) is 7.05 Å². The summed E-state index contributed by atoms with van der Waals surface area (Å²) in [5, 5.41) is 11.5. The van der Waals surface area contributed by atoms with Gasteiger partial charge in [-0.25, -0.2) is 0 Å². The number of nitrogens with one attached hydrogen (secondary N) is 1. The number of alkyl halides is 3. The fourth-order valence-corrected chi connectivity index (χ4v) is 1.15. The van der Waals surface area contributed by atoms with Gasteiger partial charge in [0, 0.05) is 6.54 Å². The molecule has 0 bridgehead atoms. The van der Waals surface area contributed by atoms with Crippen molar-refractivity contribution in [1.82, 2.24) is 10.2 Å². The Kier molecular flexibility index (Phi) is 6.29. The van der Waals surface area contributed by atoms with E-state index in [1.54, 1.807) is 0 Å². The highest BCUT2D eigenvalue weighted by molar-refractivity contribution is 4.91. The molecule has 3 nitrogen and oxygen atoms in total. The Labute approximate surface area is 87.9 Å². The maximum absolute atomic E-state index is 12.0. The highest BCUT2D eigenvalue weighted by Crippen LogP contribution is 2.15. The summed E-state index contributed by atoms with van der Waals surface area (Å²) in [4.78, 5) is 1.09. The van der Waals surface area contributed by atoms with Crippen molar-refractivity contribution in [2.45, 2.75) is 25.6 Å². The van der Waals surface area contributed by atoms with Crippen LogP contribution < -0.4 is 5.32 Å². The molecule has 15 heavy (non-hydrogen) atoms. The number of hydrogen-bond acceptors (Lipinski definition) is 3. The summed E-state index contributed by atoms with van der Waals surface area (Å²) in [7, 11) is 1.35. The lowest BCUT2D eigenvalue weighted by Crippen LogP contribution is -2.42. The average Bonchev–Trinajstić information content (AvgIpc) is 2.09. The van der Waals surface area contributed by atoms with Crippen LogP contribution in [0.3, 0.4) is 0 Å². The van der Waals surface area contributed by atoms with Gasteiger partial charge in [-0.3, -0.25) is 4.90 Å².